The Kier molecular flexibility index (Phi) is 3.43. The number of nitriles is 1. The maximum atomic E-state index is 12.4. The van der Waals surface area contributed by atoms with E-state index in [9.17, 15) is 10.1 Å². The summed E-state index contributed by atoms with van der Waals surface area (Å²) in [5.74, 6) is 0.991. The van der Waals surface area contributed by atoms with Crippen molar-refractivity contribution in [3.63, 3.8) is 0 Å². The third kappa shape index (κ3) is 2.12. The number of benzene rings is 1. The van der Waals surface area contributed by atoms with Gasteiger partial charge in [0.25, 0.3) is 0 Å². The van der Waals surface area contributed by atoms with Crippen LogP contribution in [-0.4, -0.2) is 15.3 Å². The molecule has 4 nitrogen and oxygen atoms in total. The number of para-hydroxylation sites is 1. The molecule has 1 aromatic carbocycles. The summed E-state index contributed by atoms with van der Waals surface area (Å²) < 4.78 is 2.22. The van der Waals surface area contributed by atoms with Crippen molar-refractivity contribution in [3.8, 4) is 11.8 Å². The summed E-state index contributed by atoms with van der Waals surface area (Å²) in [4.78, 5) is 17.4. The van der Waals surface area contributed by atoms with Crippen molar-refractivity contribution < 1.29 is 4.79 Å². The summed E-state index contributed by atoms with van der Waals surface area (Å²) in [6.07, 6.45) is 3.71. The van der Waals surface area contributed by atoms with Gasteiger partial charge in [0.1, 0.15) is 11.9 Å². The van der Waals surface area contributed by atoms with Crippen LogP contribution >= 0.6 is 0 Å². The van der Waals surface area contributed by atoms with E-state index in [-0.39, 0.29) is 28.6 Å². The van der Waals surface area contributed by atoms with Crippen molar-refractivity contribution in [1.82, 2.24) is 9.55 Å². The normalized spacial score (nSPS) is 27.9. The molecule has 0 amide bonds. The van der Waals surface area contributed by atoms with E-state index >= 15 is 0 Å². The van der Waals surface area contributed by atoms with Gasteiger partial charge < -0.3 is 4.57 Å². The van der Waals surface area contributed by atoms with Gasteiger partial charge in [0, 0.05) is 22.7 Å². The van der Waals surface area contributed by atoms with Gasteiger partial charge in [-0.1, -0.05) is 38.1 Å². The Bertz CT molecular complexity index is 932. The second-order valence-corrected chi connectivity index (χ2v) is 7.38. The Morgan fingerprint density at radius 3 is 2.72 bits per heavy atom. The Morgan fingerprint density at radius 2 is 2.04 bits per heavy atom. The van der Waals surface area contributed by atoms with Crippen LogP contribution in [0, 0.1) is 30.1 Å². The van der Waals surface area contributed by atoms with Gasteiger partial charge in [-0.2, -0.15) is 5.26 Å². The van der Waals surface area contributed by atoms with E-state index in [4.69, 9.17) is 4.98 Å². The average molecular weight is 331 g/mol. The highest BCUT2D eigenvalue weighted by Gasteiger charge is 2.50. The Labute approximate surface area is 147 Å². The number of allylic oxidation sites excluding steroid dienone is 2. The van der Waals surface area contributed by atoms with Gasteiger partial charge in [0.15, 0.2) is 5.78 Å². The van der Waals surface area contributed by atoms with Crippen LogP contribution in [0.15, 0.2) is 42.0 Å². The molecule has 0 aliphatic heterocycles. The summed E-state index contributed by atoms with van der Waals surface area (Å²) in [5.41, 5.74) is 3.26. The largest absolute Gasteiger partial charge is 0.301 e. The first kappa shape index (κ1) is 15.8. The van der Waals surface area contributed by atoms with E-state index in [1.54, 1.807) is 0 Å². The highest BCUT2D eigenvalue weighted by molar-refractivity contribution is 6.02. The zero-order valence-corrected chi connectivity index (χ0v) is 14.8. The lowest BCUT2D eigenvalue weighted by atomic mass is 9.58. The van der Waals surface area contributed by atoms with Crippen LogP contribution in [0.1, 0.15) is 37.5 Å². The minimum Gasteiger partial charge on any atom is -0.301 e. The Balaban J connectivity index is 1.94. The molecule has 0 fully saturated rings. The standard InChI is InChI=1S/C21H21N3O/c1-13-17-9-10-18-20(21(17,3)11-15(12-22)19(13)25)23-14(2)24(18)16-7-5-4-6-8-16/h4-8,11,13,17H,9-10H2,1-3H3/t13-,17-,21-/m0/s1. The maximum Gasteiger partial charge on any atom is 0.176 e. The van der Waals surface area contributed by atoms with Crippen molar-refractivity contribution >= 4 is 5.78 Å². The number of aryl methyl sites for hydroxylation is 1. The molecule has 1 heterocycles. The molecule has 0 N–H and O–H groups in total. The van der Waals surface area contributed by atoms with Crippen LogP contribution in [0.3, 0.4) is 0 Å². The van der Waals surface area contributed by atoms with Gasteiger partial charge >= 0.3 is 0 Å². The predicted molar refractivity (Wildman–Crippen MR) is 95.3 cm³/mol. The van der Waals surface area contributed by atoms with E-state index in [1.165, 1.54) is 5.69 Å². The molecule has 25 heavy (non-hydrogen) atoms. The van der Waals surface area contributed by atoms with Gasteiger partial charge in [0.05, 0.1) is 11.3 Å². The molecule has 3 atom stereocenters. The van der Waals surface area contributed by atoms with Gasteiger partial charge in [0.2, 0.25) is 0 Å². The quantitative estimate of drug-likeness (QED) is 0.801. The second-order valence-electron chi connectivity index (χ2n) is 7.38. The summed E-state index contributed by atoms with van der Waals surface area (Å²) in [6.45, 7) is 6.12. The molecule has 0 saturated carbocycles. The number of carbonyl (C=O) groups is 1. The molecule has 1 aromatic heterocycles. The first-order valence-electron chi connectivity index (χ1n) is 8.78. The smallest absolute Gasteiger partial charge is 0.176 e. The number of fused-ring (bicyclic) bond motifs is 3. The third-order valence-corrected chi connectivity index (χ3v) is 5.97. The lowest BCUT2D eigenvalue weighted by Crippen LogP contribution is -2.45. The lowest BCUT2D eigenvalue weighted by molar-refractivity contribution is -0.121. The molecule has 0 radical (unpaired) electrons. The molecule has 0 saturated heterocycles. The van der Waals surface area contributed by atoms with E-state index in [2.05, 4.69) is 29.7 Å². The van der Waals surface area contributed by atoms with Crippen LogP contribution in [-0.2, 0) is 16.6 Å². The fraction of sp³-hybridized carbons (Fsp3) is 0.381. The number of rotatable bonds is 1. The zero-order valence-electron chi connectivity index (χ0n) is 14.8. The number of nitrogens with zero attached hydrogens (tertiary/aromatic N) is 3. The molecule has 2 aliphatic rings. The van der Waals surface area contributed by atoms with Crippen LogP contribution in [0.25, 0.3) is 5.69 Å². The highest BCUT2D eigenvalue weighted by atomic mass is 16.1. The monoisotopic (exact) mass is 331 g/mol. The number of imidazole rings is 1. The van der Waals surface area contributed by atoms with E-state index in [0.29, 0.717) is 0 Å². The topological polar surface area (TPSA) is 58.7 Å². The fourth-order valence-corrected chi connectivity index (χ4v) is 4.76. The Morgan fingerprint density at radius 1 is 1.32 bits per heavy atom. The molecule has 4 heteroatoms. The average Bonchev–Trinajstić information content (AvgIpc) is 2.96. The first-order chi connectivity index (χ1) is 12.0. The number of hydrogen-bond donors (Lipinski definition) is 0. The molecule has 0 bridgehead atoms. The number of hydrogen-bond acceptors (Lipinski definition) is 3. The number of Topliss-reactive ketones (excluding diaryl/α,β-unsaturated/α-hetero) is 1. The van der Waals surface area contributed by atoms with Crippen molar-refractivity contribution in [3.05, 3.63) is 59.2 Å². The van der Waals surface area contributed by atoms with Crippen molar-refractivity contribution in [1.29, 1.82) is 5.26 Å². The lowest BCUT2D eigenvalue weighted by Gasteiger charge is -2.44. The fourth-order valence-electron chi connectivity index (χ4n) is 4.76. The zero-order chi connectivity index (χ0) is 17.8. The molecule has 4 rings (SSSR count). The van der Waals surface area contributed by atoms with Crippen LogP contribution in [0.2, 0.25) is 0 Å². The summed E-state index contributed by atoms with van der Waals surface area (Å²) in [7, 11) is 0. The third-order valence-electron chi connectivity index (χ3n) is 5.97. The predicted octanol–water partition coefficient (Wildman–Crippen LogP) is 3.67. The van der Waals surface area contributed by atoms with Crippen LogP contribution < -0.4 is 0 Å². The summed E-state index contributed by atoms with van der Waals surface area (Å²) in [5, 5.41) is 9.40. The van der Waals surface area contributed by atoms with Gasteiger partial charge in [-0.05, 0) is 37.8 Å². The van der Waals surface area contributed by atoms with E-state index < -0.39 is 0 Å². The molecular weight excluding hydrogens is 310 g/mol. The highest BCUT2D eigenvalue weighted by Crippen LogP contribution is 2.49. The van der Waals surface area contributed by atoms with Crippen molar-refractivity contribution in [2.45, 2.75) is 39.0 Å². The van der Waals surface area contributed by atoms with Crippen molar-refractivity contribution in [2.75, 3.05) is 0 Å². The minimum atomic E-state index is -0.364. The van der Waals surface area contributed by atoms with Crippen LogP contribution in [0.4, 0.5) is 0 Å². The maximum absolute atomic E-state index is 12.4. The molecule has 0 spiro atoms. The van der Waals surface area contributed by atoms with Crippen molar-refractivity contribution in [2.24, 2.45) is 11.8 Å². The molecule has 126 valence electrons. The molecular formula is C21H21N3O. The molecule has 2 aromatic rings. The second kappa shape index (κ2) is 5.42. The number of carbonyl (C=O) groups excluding carboxylic acids is 1. The molecule has 2 aliphatic carbocycles. The van der Waals surface area contributed by atoms with Gasteiger partial charge in [-0.3, -0.25) is 4.79 Å². The van der Waals surface area contributed by atoms with Crippen LogP contribution in [0.5, 0.6) is 0 Å². The van der Waals surface area contributed by atoms with E-state index in [0.717, 1.165) is 30.0 Å². The Hall–Kier alpha value is -2.67. The van der Waals surface area contributed by atoms with Gasteiger partial charge in [-0.15, -0.1) is 0 Å². The number of ketones is 1. The van der Waals surface area contributed by atoms with E-state index in [1.807, 2.05) is 38.1 Å². The summed E-state index contributed by atoms with van der Waals surface area (Å²) in [6, 6.07) is 12.4. The van der Waals surface area contributed by atoms with Gasteiger partial charge in [-0.25, -0.2) is 4.98 Å². The first-order valence-corrected chi connectivity index (χ1v) is 8.78. The SMILES string of the molecule is Cc1nc2c(n1-c1ccccc1)CC[C@H]1[C@H](C)C(=O)C(C#N)=C[C@]21C. The summed E-state index contributed by atoms with van der Waals surface area (Å²) >= 11 is 0. The minimum absolute atomic E-state index is 0.0207. The molecule has 0 unspecified atom stereocenters. The number of aromatic nitrogens is 2.